The number of hydrogen-bond acceptors (Lipinski definition) is 2. The summed E-state index contributed by atoms with van der Waals surface area (Å²) >= 11 is 0. The van der Waals surface area contributed by atoms with Crippen LogP contribution >= 0.6 is 0 Å². The maximum Gasteiger partial charge on any atom is 0.141 e. The molecule has 1 N–H and O–H groups in total. The fourth-order valence-electron chi connectivity index (χ4n) is 1.69. The van der Waals surface area contributed by atoms with Gasteiger partial charge in [-0.1, -0.05) is 27.2 Å². The van der Waals surface area contributed by atoms with Gasteiger partial charge in [0.05, 0.1) is 17.9 Å². The summed E-state index contributed by atoms with van der Waals surface area (Å²) < 4.78 is 12.8. The summed E-state index contributed by atoms with van der Waals surface area (Å²) in [5, 5.41) is 3.47. The first-order valence-electron chi connectivity index (χ1n) is 6.00. The van der Waals surface area contributed by atoms with Crippen molar-refractivity contribution in [1.29, 1.82) is 0 Å². The number of nitrogens with one attached hydrogen (secondary N) is 1. The molecule has 1 atom stereocenters. The van der Waals surface area contributed by atoms with E-state index < -0.39 is 0 Å². The summed E-state index contributed by atoms with van der Waals surface area (Å²) in [7, 11) is 0. The second kappa shape index (κ2) is 6.59. The van der Waals surface area contributed by atoms with Gasteiger partial charge in [-0.05, 0) is 31.0 Å². The van der Waals surface area contributed by atoms with E-state index >= 15 is 0 Å². The molecule has 0 fully saturated rings. The lowest BCUT2D eigenvalue weighted by molar-refractivity contribution is 0.399. The second-order valence-electron chi connectivity index (χ2n) is 4.43. The third-order valence-electron chi connectivity index (χ3n) is 2.63. The van der Waals surface area contributed by atoms with E-state index in [0.717, 1.165) is 18.7 Å². The van der Waals surface area contributed by atoms with Gasteiger partial charge in [-0.15, -0.1) is 0 Å². The predicted octanol–water partition coefficient (Wildman–Crippen LogP) is 3.31. The standard InChI is InChI=1S/C13H21FN2/c1-4-5-8-15-13(10(2)3)12-7-6-11(14)9-16-12/h6-7,9-10,13,15H,4-5,8H2,1-3H3. The van der Waals surface area contributed by atoms with E-state index in [1.807, 2.05) is 0 Å². The van der Waals surface area contributed by atoms with E-state index in [1.165, 1.54) is 18.7 Å². The molecule has 1 unspecified atom stereocenters. The SMILES string of the molecule is CCCCNC(c1ccc(F)cn1)C(C)C. The zero-order valence-electron chi connectivity index (χ0n) is 10.3. The highest BCUT2D eigenvalue weighted by Gasteiger charge is 2.15. The molecule has 0 radical (unpaired) electrons. The normalized spacial score (nSPS) is 13.1. The van der Waals surface area contributed by atoms with Crippen LogP contribution in [0.3, 0.4) is 0 Å². The van der Waals surface area contributed by atoms with E-state index in [0.29, 0.717) is 5.92 Å². The van der Waals surface area contributed by atoms with Crippen LogP contribution in [0.1, 0.15) is 45.3 Å². The van der Waals surface area contributed by atoms with Crippen LogP contribution in [-0.2, 0) is 0 Å². The Bertz CT molecular complexity index is 295. The van der Waals surface area contributed by atoms with Gasteiger partial charge in [0.15, 0.2) is 0 Å². The molecule has 0 amide bonds. The van der Waals surface area contributed by atoms with Crippen LogP contribution in [-0.4, -0.2) is 11.5 Å². The highest BCUT2D eigenvalue weighted by molar-refractivity contribution is 5.10. The van der Waals surface area contributed by atoms with Crippen molar-refractivity contribution >= 4 is 0 Å². The van der Waals surface area contributed by atoms with Gasteiger partial charge in [-0.2, -0.15) is 0 Å². The zero-order valence-corrected chi connectivity index (χ0v) is 10.3. The Kier molecular flexibility index (Phi) is 5.39. The Balaban J connectivity index is 2.65. The van der Waals surface area contributed by atoms with Crippen LogP contribution in [0.5, 0.6) is 0 Å². The quantitative estimate of drug-likeness (QED) is 0.750. The lowest BCUT2D eigenvalue weighted by Crippen LogP contribution is -2.27. The van der Waals surface area contributed by atoms with Crippen molar-refractivity contribution in [1.82, 2.24) is 10.3 Å². The van der Waals surface area contributed by atoms with Crippen molar-refractivity contribution in [2.45, 2.75) is 39.7 Å². The predicted molar refractivity (Wildman–Crippen MR) is 64.7 cm³/mol. The van der Waals surface area contributed by atoms with Gasteiger partial charge in [0.25, 0.3) is 0 Å². The first kappa shape index (κ1) is 13.1. The molecule has 0 aromatic carbocycles. The Morgan fingerprint density at radius 3 is 2.62 bits per heavy atom. The fourth-order valence-corrected chi connectivity index (χ4v) is 1.69. The van der Waals surface area contributed by atoms with Gasteiger partial charge >= 0.3 is 0 Å². The number of pyridine rings is 1. The highest BCUT2D eigenvalue weighted by atomic mass is 19.1. The van der Waals surface area contributed by atoms with E-state index in [-0.39, 0.29) is 11.9 Å². The summed E-state index contributed by atoms with van der Waals surface area (Å²) in [6, 6.07) is 3.45. The van der Waals surface area contributed by atoms with Gasteiger partial charge in [-0.25, -0.2) is 4.39 Å². The molecule has 2 nitrogen and oxygen atoms in total. The minimum absolute atomic E-state index is 0.215. The maximum atomic E-state index is 12.8. The van der Waals surface area contributed by atoms with Crippen molar-refractivity contribution in [2.24, 2.45) is 5.92 Å². The average Bonchev–Trinajstić information content (AvgIpc) is 2.26. The van der Waals surface area contributed by atoms with Crippen LogP contribution in [0, 0.1) is 11.7 Å². The lowest BCUT2D eigenvalue weighted by Gasteiger charge is -2.21. The molecule has 1 heterocycles. The molecular weight excluding hydrogens is 203 g/mol. The number of rotatable bonds is 6. The summed E-state index contributed by atoms with van der Waals surface area (Å²) in [5.41, 5.74) is 0.924. The molecule has 0 aliphatic heterocycles. The summed E-state index contributed by atoms with van der Waals surface area (Å²) in [5.74, 6) is 0.176. The minimum atomic E-state index is -0.278. The molecule has 0 aliphatic rings. The van der Waals surface area contributed by atoms with E-state index in [2.05, 4.69) is 31.1 Å². The highest BCUT2D eigenvalue weighted by Crippen LogP contribution is 2.19. The molecule has 90 valence electrons. The molecule has 0 spiro atoms. The number of nitrogens with zero attached hydrogens (tertiary/aromatic N) is 1. The number of unbranched alkanes of at least 4 members (excludes halogenated alkanes) is 1. The Labute approximate surface area is 97.3 Å². The molecule has 1 aromatic heterocycles. The third-order valence-corrected chi connectivity index (χ3v) is 2.63. The van der Waals surface area contributed by atoms with Crippen molar-refractivity contribution in [3.05, 3.63) is 29.8 Å². The molecule has 16 heavy (non-hydrogen) atoms. The maximum absolute atomic E-state index is 12.8. The molecule has 0 saturated carbocycles. The zero-order chi connectivity index (χ0) is 12.0. The van der Waals surface area contributed by atoms with Gasteiger partial charge in [0.1, 0.15) is 5.82 Å². The van der Waals surface area contributed by atoms with E-state index in [4.69, 9.17) is 0 Å². The summed E-state index contributed by atoms with van der Waals surface area (Å²) in [6.07, 6.45) is 3.62. The topological polar surface area (TPSA) is 24.9 Å². The first-order valence-corrected chi connectivity index (χ1v) is 6.00. The van der Waals surface area contributed by atoms with Crippen molar-refractivity contribution in [2.75, 3.05) is 6.54 Å². The first-order chi connectivity index (χ1) is 7.65. The van der Waals surface area contributed by atoms with Crippen molar-refractivity contribution in [3.8, 4) is 0 Å². The van der Waals surface area contributed by atoms with Gasteiger partial charge in [0.2, 0.25) is 0 Å². The fraction of sp³-hybridized carbons (Fsp3) is 0.615. The van der Waals surface area contributed by atoms with Crippen LogP contribution in [0.25, 0.3) is 0 Å². The molecule has 0 bridgehead atoms. The molecular formula is C13H21FN2. The second-order valence-corrected chi connectivity index (χ2v) is 4.43. The summed E-state index contributed by atoms with van der Waals surface area (Å²) in [6.45, 7) is 7.45. The van der Waals surface area contributed by atoms with Gasteiger partial charge in [0, 0.05) is 0 Å². The Hall–Kier alpha value is -0.960. The van der Waals surface area contributed by atoms with Crippen molar-refractivity contribution in [3.63, 3.8) is 0 Å². The van der Waals surface area contributed by atoms with Crippen molar-refractivity contribution < 1.29 is 4.39 Å². The van der Waals surface area contributed by atoms with Crippen LogP contribution in [0.2, 0.25) is 0 Å². The van der Waals surface area contributed by atoms with Crippen LogP contribution < -0.4 is 5.32 Å². The average molecular weight is 224 g/mol. The van der Waals surface area contributed by atoms with Crippen LogP contribution in [0.15, 0.2) is 18.3 Å². The lowest BCUT2D eigenvalue weighted by atomic mass is 10.00. The van der Waals surface area contributed by atoms with Crippen LogP contribution in [0.4, 0.5) is 4.39 Å². The van der Waals surface area contributed by atoms with Gasteiger partial charge in [-0.3, -0.25) is 4.98 Å². The number of halogens is 1. The molecule has 0 saturated heterocycles. The molecule has 0 aliphatic carbocycles. The van der Waals surface area contributed by atoms with E-state index in [1.54, 1.807) is 6.07 Å². The molecule has 1 aromatic rings. The molecule has 3 heteroatoms. The summed E-state index contributed by atoms with van der Waals surface area (Å²) in [4.78, 5) is 4.14. The minimum Gasteiger partial charge on any atom is -0.308 e. The largest absolute Gasteiger partial charge is 0.308 e. The monoisotopic (exact) mass is 224 g/mol. The third kappa shape index (κ3) is 3.89. The molecule has 1 rings (SSSR count). The van der Waals surface area contributed by atoms with Gasteiger partial charge < -0.3 is 5.32 Å². The van der Waals surface area contributed by atoms with E-state index in [9.17, 15) is 4.39 Å². The smallest absolute Gasteiger partial charge is 0.141 e. The number of aromatic nitrogens is 1. The number of hydrogen-bond donors (Lipinski definition) is 1. The Morgan fingerprint density at radius 1 is 1.38 bits per heavy atom. The Morgan fingerprint density at radius 2 is 2.12 bits per heavy atom.